The lowest BCUT2D eigenvalue weighted by atomic mass is 9.77. The number of imidazole rings is 1. The molecule has 0 spiro atoms. The second-order valence-electron chi connectivity index (χ2n) is 6.62. The molecule has 2 atom stereocenters. The minimum Gasteiger partial charge on any atom is -0.423 e. The van der Waals surface area contributed by atoms with E-state index in [9.17, 15) is 14.8 Å². The average Bonchev–Trinajstić information content (AvgIpc) is 3.10. The number of H-pyrrole nitrogens is 1. The molecule has 1 aromatic heterocycles. The van der Waals surface area contributed by atoms with Crippen molar-refractivity contribution in [2.75, 3.05) is 6.54 Å². The molecule has 124 valence electrons. The zero-order valence-corrected chi connectivity index (χ0v) is 13.4. The maximum absolute atomic E-state index is 13.0. The third-order valence-electron chi connectivity index (χ3n) is 5.26. The monoisotopic (exact) mass is 325 g/mol. The average molecular weight is 325 g/mol. The Bertz CT molecular complexity index is 761. The molecule has 2 aromatic rings. The highest BCUT2D eigenvalue weighted by molar-refractivity contribution is 6.58. The zero-order valence-electron chi connectivity index (χ0n) is 13.4. The van der Waals surface area contributed by atoms with E-state index in [1.165, 1.54) is 5.69 Å². The molecule has 0 bridgehead atoms. The van der Waals surface area contributed by atoms with E-state index < -0.39 is 7.12 Å². The lowest BCUT2D eigenvalue weighted by Gasteiger charge is -2.43. The molecule has 1 aliphatic heterocycles. The van der Waals surface area contributed by atoms with E-state index in [0.717, 1.165) is 37.9 Å². The first-order valence-corrected chi connectivity index (χ1v) is 8.44. The van der Waals surface area contributed by atoms with E-state index in [1.807, 2.05) is 4.90 Å². The molecule has 1 saturated heterocycles. The van der Waals surface area contributed by atoms with Gasteiger partial charge in [-0.2, -0.15) is 0 Å². The molecule has 1 aliphatic carbocycles. The van der Waals surface area contributed by atoms with Crippen LogP contribution in [0.2, 0.25) is 0 Å². The maximum atomic E-state index is 13.0. The van der Waals surface area contributed by atoms with Crippen LogP contribution in [0, 0.1) is 0 Å². The summed E-state index contributed by atoms with van der Waals surface area (Å²) in [5, 5.41) is 18.7. The van der Waals surface area contributed by atoms with Crippen molar-refractivity contribution in [1.29, 1.82) is 0 Å². The van der Waals surface area contributed by atoms with Gasteiger partial charge in [-0.25, -0.2) is 4.98 Å². The third kappa shape index (κ3) is 2.54. The summed E-state index contributed by atoms with van der Waals surface area (Å²) in [5.41, 5.74) is 3.17. The molecule has 2 aliphatic rings. The van der Waals surface area contributed by atoms with Crippen LogP contribution in [0.3, 0.4) is 0 Å². The fourth-order valence-corrected chi connectivity index (χ4v) is 4.13. The van der Waals surface area contributed by atoms with Crippen molar-refractivity contribution in [2.24, 2.45) is 0 Å². The number of rotatable bonds is 2. The van der Waals surface area contributed by atoms with Gasteiger partial charge in [-0.1, -0.05) is 12.1 Å². The van der Waals surface area contributed by atoms with Crippen LogP contribution < -0.4 is 5.46 Å². The normalized spacial score (nSPS) is 22.7. The summed E-state index contributed by atoms with van der Waals surface area (Å²) in [6.45, 7) is 0.742. The summed E-state index contributed by atoms with van der Waals surface area (Å²) in [6, 6.07) is 6.78. The lowest BCUT2D eigenvalue weighted by Crippen LogP contribution is -2.49. The summed E-state index contributed by atoms with van der Waals surface area (Å²) >= 11 is 0. The summed E-state index contributed by atoms with van der Waals surface area (Å²) < 4.78 is 0. The quantitative estimate of drug-likeness (QED) is 0.699. The fraction of sp³-hybridized carbons (Fsp3) is 0.412. The van der Waals surface area contributed by atoms with Gasteiger partial charge < -0.3 is 19.9 Å². The molecular formula is C17H20BN3O3. The summed E-state index contributed by atoms with van der Waals surface area (Å²) in [7, 11) is -1.56. The Kier molecular flexibility index (Phi) is 3.90. The molecule has 6 nitrogen and oxygen atoms in total. The Morgan fingerprint density at radius 1 is 1.33 bits per heavy atom. The number of hydrogen-bond acceptors (Lipinski definition) is 4. The molecule has 7 heteroatoms. The van der Waals surface area contributed by atoms with Gasteiger partial charge in [-0.05, 0) is 43.3 Å². The number of piperidine rings is 1. The molecule has 3 N–H and O–H groups in total. The molecule has 4 rings (SSSR count). The first-order chi connectivity index (χ1) is 11.6. The number of aromatic amines is 1. The first kappa shape index (κ1) is 15.4. The van der Waals surface area contributed by atoms with Crippen LogP contribution in [0.5, 0.6) is 0 Å². The van der Waals surface area contributed by atoms with Gasteiger partial charge in [0, 0.05) is 29.8 Å². The van der Waals surface area contributed by atoms with Crippen molar-refractivity contribution in [2.45, 2.75) is 37.6 Å². The predicted octanol–water partition coefficient (Wildman–Crippen LogP) is 0.424. The number of carbonyl (C=O) groups excluding carboxylic acids is 1. The standard InChI is InChI=1S/C17H20BN3O3/c22-17(11-3-1-4-12(9-11)18(23)24)21-8-2-5-13-15(21)7-6-14-16(13)20-10-19-14/h1,3-4,9-10,13,15,23-24H,2,5-8H2,(H,19,20). The van der Waals surface area contributed by atoms with Crippen LogP contribution in [0.4, 0.5) is 0 Å². The number of amides is 1. The zero-order chi connectivity index (χ0) is 16.7. The van der Waals surface area contributed by atoms with Gasteiger partial charge in [0.2, 0.25) is 0 Å². The minimum atomic E-state index is -1.56. The largest absolute Gasteiger partial charge is 0.488 e. The van der Waals surface area contributed by atoms with Crippen molar-refractivity contribution in [1.82, 2.24) is 14.9 Å². The van der Waals surface area contributed by atoms with Gasteiger partial charge in [0.15, 0.2) is 0 Å². The van der Waals surface area contributed by atoms with Gasteiger partial charge >= 0.3 is 7.12 Å². The number of carbonyl (C=O) groups is 1. The van der Waals surface area contributed by atoms with Crippen LogP contribution in [0.25, 0.3) is 0 Å². The number of hydrogen-bond donors (Lipinski definition) is 3. The molecule has 0 radical (unpaired) electrons. The molecule has 1 fully saturated rings. The predicted molar refractivity (Wildman–Crippen MR) is 90.0 cm³/mol. The number of nitrogens with zero attached hydrogens (tertiary/aromatic N) is 2. The van der Waals surface area contributed by atoms with Crippen molar-refractivity contribution < 1.29 is 14.8 Å². The fourth-order valence-electron chi connectivity index (χ4n) is 4.13. The highest BCUT2D eigenvalue weighted by atomic mass is 16.4. The van der Waals surface area contributed by atoms with Crippen molar-refractivity contribution in [3.63, 3.8) is 0 Å². The van der Waals surface area contributed by atoms with E-state index in [2.05, 4.69) is 9.97 Å². The number of nitrogens with one attached hydrogen (secondary N) is 1. The van der Waals surface area contributed by atoms with E-state index in [-0.39, 0.29) is 11.9 Å². The smallest absolute Gasteiger partial charge is 0.423 e. The van der Waals surface area contributed by atoms with E-state index >= 15 is 0 Å². The van der Waals surface area contributed by atoms with E-state index in [0.29, 0.717) is 16.9 Å². The Labute approximate surface area is 140 Å². The number of likely N-dealkylation sites (tertiary alicyclic amines) is 1. The Morgan fingerprint density at radius 3 is 3.04 bits per heavy atom. The molecule has 2 unspecified atom stereocenters. The van der Waals surface area contributed by atoms with Crippen molar-refractivity contribution in [3.8, 4) is 0 Å². The van der Waals surface area contributed by atoms with Crippen LogP contribution in [0.15, 0.2) is 30.6 Å². The highest BCUT2D eigenvalue weighted by Crippen LogP contribution is 2.39. The van der Waals surface area contributed by atoms with Crippen molar-refractivity contribution >= 4 is 18.5 Å². The number of benzene rings is 1. The van der Waals surface area contributed by atoms with E-state index in [4.69, 9.17) is 0 Å². The van der Waals surface area contributed by atoms with Crippen LogP contribution in [-0.4, -0.2) is 50.5 Å². The number of fused-ring (bicyclic) bond motifs is 3. The summed E-state index contributed by atoms with van der Waals surface area (Å²) in [4.78, 5) is 22.7. The van der Waals surface area contributed by atoms with Crippen LogP contribution >= 0.6 is 0 Å². The van der Waals surface area contributed by atoms with Gasteiger partial charge in [0.1, 0.15) is 0 Å². The molecule has 1 aromatic carbocycles. The van der Waals surface area contributed by atoms with Gasteiger partial charge in [0.05, 0.1) is 12.0 Å². The second-order valence-corrected chi connectivity index (χ2v) is 6.62. The third-order valence-corrected chi connectivity index (χ3v) is 5.26. The molecule has 1 amide bonds. The lowest BCUT2D eigenvalue weighted by molar-refractivity contribution is 0.0543. The topological polar surface area (TPSA) is 89.4 Å². The molecular weight excluding hydrogens is 305 g/mol. The van der Waals surface area contributed by atoms with Crippen LogP contribution in [0.1, 0.15) is 46.9 Å². The minimum absolute atomic E-state index is 0.0359. The van der Waals surface area contributed by atoms with E-state index in [1.54, 1.807) is 30.6 Å². The maximum Gasteiger partial charge on any atom is 0.488 e. The van der Waals surface area contributed by atoms with Crippen LogP contribution in [-0.2, 0) is 6.42 Å². The second kappa shape index (κ2) is 6.07. The Balaban J connectivity index is 1.62. The van der Waals surface area contributed by atoms with Gasteiger partial charge in [0.25, 0.3) is 5.91 Å². The molecule has 0 saturated carbocycles. The summed E-state index contributed by atoms with van der Waals surface area (Å²) in [6.07, 6.45) is 5.62. The summed E-state index contributed by atoms with van der Waals surface area (Å²) in [5.74, 6) is 0.260. The van der Waals surface area contributed by atoms with Crippen molar-refractivity contribution in [3.05, 3.63) is 47.5 Å². The first-order valence-electron chi connectivity index (χ1n) is 8.44. The van der Waals surface area contributed by atoms with Gasteiger partial charge in [-0.3, -0.25) is 4.79 Å². The number of aromatic nitrogens is 2. The molecule has 2 heterocycles. The Hall–Kier alpha value is -2.12. The van der Waals surface area contributed by atoms with Gasteiger partial charge in [-0.15, -0.1) is 0 Å². The number of aryl methyl sites for hydroxylation is 1. The SMILES string of the molecule is O=C(c1cccc(B(O)O)c1)N1CCCC2c3nc[nH]c3CCC21. The molecule has 24 heavy (non-hydrogen) atoms. The Morgan fingerprint density at radius 2 is 2.21 bits per heavy atom. The highest BCUT2D eigenvalue weighted by Gasteiger charge is 2.40.